The van der Waals surface area contributed by atoms with E-state index in [4.69, 9.17) is 14.2 Å². The average Bonchev–Trinajstić information content (AvgIpc) is 3.00. The molecule has 25 heavy (non-hydrogen) atoms. The van der Waals surface area contributed by atoms with Gasteiger partial charge in [-0.1, -0.05) is 0 Å². The highest BCUT2D eigenvalue weighted by Crippen LogP contribution is 2.45. The van der Waals surface area contributed by atoms with E-state index in [0.717, 1.165) is 12.0 Å². The molecule has 0 spiro atoms. The van der Waals surface area contributed by atoms with Crippen molar-refractivity contribution in [3.05, 3.63) is 29.3 Å². The van der Waals surface area contributed by atoms with Crippen molar-refractivity contribution in [2.75, 3.05) is 26.9 Å². The maximum Gasteiger partial charge on any atom is 0.223 e. The van der Waals surface area contributed by atoms with Crippen molar-refractivity contribution >= 4 is 5.91 Å². The smallest absolute Gasteiger partial charge is 0.223 e. The summed E-state index contributed by atoms with van der Waals surface area (Å²) in [4.78, 5) is 14.3. The molecule has 2 aliphatic heterocycles. The lowest BCUT2D eigenvalue weighted by molar-refractivity contribution is -0.150. The highest BCUT2D eigenvalue weighted by Gasteiger charge is 2.49. The van der Waals surface area contributed by atoms with Gasteiger partial charge in [-0.3, -0.25) is 4.79 Å². The zero-order valence-corrected chi connectivity index (χ0v) is 14.9. The predicted octanol–water partition coefficient (Wildman–Crippen LogP) is 2.42. The molecule has 0 aliphatic carbocycles. The molecule has 6 heteroatoms. The molecule has 0 saturated carbocycles. The minimum Gasteiger partial charge on any atom is -0.485 e. The molecule has 1 aromatic rings. The number of hydrogen-bond acceptors (Lipinski definition) is 5. The molecule has 0 aromatic heterocycles. The summed E-state index contributed by atoms with van der Waals surface area (Å²) in [6, 6.07) is 7.27. The lowest BCUT2D eigenvalue weighted by Crippen LogP contribution is -2.55. The number of hydrogen-bond donors (Lipinski definition) is 0. The van der Waals surface area contributed by atoms with Gasteiger partial charge in [0.1, 0.15) is 17.5 Å². The zero-order chi connectivity index (χ0) is 18.0. The van der Waals surface area contributed by atoms with E-state index in [1.807, 2.05) is 30.9 Å². The number of nitriles is 1. The van der Waals surface area contributed by atoms with E-state index in [1.54, 1.807) is 13.2 Å². The summed E-state index contributed by atoms with van der Waals surface area (Å²) < 4.78 is 17.4. The molecule has 0 N–H and O–H groups in total. The topological polar surface area (TPSA) is 71.8 Å². The summed E-state index contributed by atoms with van der Waals surface area (Å²) in [6.07, 6.45) is 1.05. The Morgan fingerprint density at radius 3 is 2.84 bits per heavy atom. The van der Waals surface area contributed by atoms with E-state index in [2.05, 4.69) is 6.07 Å². The minimum atomic E-state index is -0.609. The maximum absolute atomic E-state index is 12.5. The number of carbonyl (C=O) groups is 1. The van der Waals surface area contributed by atoms with Crippen LogP contribution in [0.1, 0.15) is 43.9 Å². The summed E-state index contributed by atoms with van der Waals surface area (Å²) in [5, 5.41) is 9.27. The first-order valence-electron chi connectivity index (χ1n) is 8.61. The van der Waals surface area contributed by atoms with Crippen LogP contribution in [0.25, 0.3) is 0 Å². The molecule has 1 amide bonds. The van der Waals surface area contributed by atoms with E-state index in [0.29, 0.717) is 37.5 Å². The third-order valence-electron chi connectivity index (χ3n) is 4.83. The van der Waals surface area contributed by atoms with E-state index in [1.165, 1.54) is 0 Å². The molecule has 0 unspecified atom stereocenters. The highest BCUT2D eigenvalue weighted by molar-refractivity contribution is 5.79. The number of benzene rings is 1. The van der Waals surface area contributed by atoms with Gasteiger partial charge in [0.25, 0.3) is 0 Å². The van der Waals surface area contributed by atoms with Crippen LogP contribution in [0.15, 0.2) is 18.2 Å². The van der Waals surface area contributed by atoms with Crippen molar-refractivity contribution < 1.29 is 19.0 Å². The van der Waals surface area contributed by atoms with Gasteiger partial charge in [0, 0.05) is 25.6 Å². The summed E-state index contributed by atoms with van der Waals surface area (Å²) in [5.74, 6) is 0.830. The van der Waals surface area contributed by atoms with Gasteiger partial charge >= 0.3 is 0 Å². The molecular formula is C19H24N2O4. The Labute approximate surface area is 148 Å². The Balaban J connectivity index is 2.04. The number of methoxy groups -OCH3 is 1. The molecule has 134 valence electrons. The number of fused-ring (bicyclic) bond motifs is 1. The van der Waals surface area contributed by atoms with Crippen LogP contribution < -0.4 is 4.74 Å². The van der Waals surface area contributed by atoms with Crippen molar-refractivity contribution in [3.8, 4) is 11.8 Å². The van der Waals surface area contributed by atoms with Gasteiger partial charge in [-0.25, -0.2) is 0 Å². The number of carbonyl (C=O) groups excluding carboxylic acids is 1. The number of ether oxygens (including phenoxy) is 3. The Morgan fingerprint density at radius 2 is 2.20 bits per heavy atom. The van der Waals surface area contributed by atoms with Gasteiger partial charge in [0.2, 0.25) is 5.91 Å². The first-order chi connectivity index (χ1) is 12.0. The number of nitrogens with zero attached hydrogens (tertiary/aromatic N) is 2. The van der Waals surface area contributed by atoms with Crippen molar-refractivity contribution in [2.24, 2.45) is 0 Å². The molecule has 1 aromatic carbocycles. The molecule has 1 fully saturated rings. The lowest BCUT2D eigenvalue weighted by atomic mass is 9.84. The quantitative estimate of drug-likeness (QED) is 0.767. The van der Waals surface area contributed by atoms with Crippen LogP contribution in [0, 0.1) is 11.3 Å². The molecule has 3 rings (SSSR count). The second kappa shape index (κ2) is 7.03. The first-order valence-corrected chi connectivity index (χ1v) is 8.61. The fourth-order valence-electron chi connectivity index (χ4n) is 3.67. The van der Waals surface area contributed by atoms with Crippen LogP contribution in [0.5, 0.6) is 5.75 Å². The van der Waals surface area contributed by atoms with Gasteiger partial charge in [-0.2, -0.15) is 5.26 Å². The minimum absolute atomic E-state index is 0.122. The second-order valence-electron chi connectivity index (χ2n) is 6.99. The third kappa shape index (κ3) is 3.35. The maximum atomic E-state index is 12.5. The summed E-state index contributed by atoms with van der Waals surface area (Å²) in [7, 11) is 1.63. The van der Waals surface area contributed by atoms with Crippen molar-refractivity contribution in [3.63, 3.8) is 0 Å². The molecule has 0 radical (unpaired) electrons. The number of rotatable bonds is 5. The predicted molar refractivity (Wildman–Crippen MR) is 91.2 cm³/mol. The monoisotopic (exact) mass is 344 g/mol. The molecule has 1 saturated heterocycles. The van der Waals surface area contributed by atoms with Crippen LogP contribution in [0.4, 0.5) is 0 Å². The third-order valence-corrected chi connectivity index (χ3v) is 4.83. The van der Waals surface area contributed by atoms with E-state index in [-0.39, 0.29) is 18.1 Å². The van der Waals surface area contributed by atoms with E-state index >= 15 is 0 Å². The van der Waals surface area contributed by atoms with Crippen LogP contribution in [-0.4, -0.2) is 49.4 Å². The van der Waals surface area contributed by atoms with Crippen LogP contribution >= 0.6 is 0 Å². The van der Waals surface area contributed by atoms with E-state index < -0.39 is 5.60 Å². The van der Waals surface area contributed by atoms with Crippen LogP contribution in [0.2, 0.25) is 0 Å². The zero-order valence-electron chi connectivity index (χ0n) is 14.9. The Kier molecular flexibility index (Phi) is 4.98. The fourth-order valence-corrected chi connectivity index (χ4v) is 3.67. The van der Waals surface area contributed by atoms with Gasteiger partial charge < -0.3 is 19.1 Å². The largest absolute Gasteiger partial charge is 0.485 e. The Hall–Kier alpha value is -2.10. The van der Waals surface area contributed by atoms with Gasteiger partial charge in [-0.05, 0) is 38.5 Å². The first kappa shape index (κ1) is 17.7. The molecule has 2 heterocycles. The molecular weight excluding hydrogens is 320 g/mol. The normalized spacial score (nSPS) is 24.6. The Bertz CT molecular complexity index is 695. The fraction of sp³-hybridized carbons (Fsp3) is 0.579. The lowest BCUT2D eigenvalue weighted by Gasteiger charge is -2.47. The van der Waals surface area contributed by atoms with E-state index in [9.17, 15) is 10.1 Å². The molecule has 6 nitrogen and oxygen atoms in total. The Morgan fingerprint density at radius 1 is 1.40 bits per heavy atom. The molecule has 0 bridgehead atoms. The van der Waals surface area contributed by atoms with Crippen molar-refractivity contribution in [1.29, 1.82) is 5.26 Å². The average molecular weight is 344 g/mol. The molecule has 2 atom stereocenters. The summed E-state index contributed by atoms with van der Waals surface area (Å²) in [6.45, 7) is 5.52. The summed E-state index contributed by atoms with van der Waals surface area (Å²) in [5.41, 5.74) is 0.785. The second-order valence-corrected chi connectivity index (χ2v) is 6.99. The standard InChI is InChI=1S/C19H24N2O4/c1-19(2)18(24-10-9-23-3)17(21-8-4-5-16(21)22)14-11-13(12-20)6-7-15(14)25-19/h6-7,11,17-18H,4-5,8-10H2,1-3H3/t17-,18+/m1/s1. The highest BCUT2D eigenvalue weighted by atomic mass is 16.6. The number of likely N-dealkylation sites (tertiary alicyclic amines) is 1. The number of amides is 1. The SMILES string of the molecule is COCCO[C@H]1[C@H](N2CCCC2=O)c2cc(C#N)ccc2OC1(C)C. The van der Waals surface area contributed by atoms with Gasteiger partial charge in [-0.15, -0.1) is 0 Å². The van der Waals surface area contributed by atoms with Gasteiger partial charge in [0.15, 0.2) is 0 Å². The van der Waals surface area contributed by atoms with Crippen molar-refractivity contribution in [1.82, 2.24) is 4.90 Å². The van der Waals surface area contributed by atoms with Gasteiger partial charge in [0.05, 0.1) is 30.9 Å². The van der Waals surface area contributed by atoms with Crippen LogP contribution in [0.3, 0.4) is 0 Å². The summed E-state index contributed by atoms with van der Waals surface area (Å²) >= 11 is 0. The van der Waals surface area contributed by atoms with Crippen molar-refractivity contribution in [2.45, 2.75) is 44.4 Å². The molecule has 2 aliphatic rings. The van der Waals surface area contributed by atoms with Crippen LogP contribution in [-0.2, 0) is 14.3 Å².